The van der Waals surface area contributed by atoms with E-state index in [9.17, 15) is 9.59 Å². The Morgan fingerprint density at radius 2 is 1.63 bits per heavy atom. The summed E-state index contributed by atoms with van der Waals surface area (Å²) in [6.07, 6.45) is 4.70. The van der Waals surface area contributed by atoms with Crippen molar-refractivity contribution in [3.8, 4) is 11.5 Å². The third-order valence-corrected chi connectivity index (χ3v) is 5.60. The van der Waals surface area contributed by atoms with Crippen molar-refractivity contribution in [1.29, 1.82) is 0 Å². The van der Waals surface area contributed by atoms with Crippen molar-refractivity contribution in [3.63, 3.8) is 0 Å². The van der Waals surface area contributed by atoms with Gasteiger partial charge in [-0.1, -0.05) is 37.3 Å². The van der Waals surface area contributed by atoms with Crippen LogP contribution >= 0.6 is 0 Å². The zero-order valence-electron chi connectivity index (χ0n) is 15.8. The Morgan fingerprint density at radius 3 is 2.26 bits per heavy atom. The minimum absolute atomic E-state index is 0.0923. The van der Waals surface area contributed by atoms with E-state index >= 15 is 0 Å². The normalized spacial score (nSPS) is 24.3. The van der Waals surface area contributed by atoms with Gasteiger partial charge in [0.05, 0.1) is 17.5 Å². The molecule has 2 aliphatic rings. The van der Waals surface area contributed by atoms with Crippen LogP contribution < -0.4 is 9.64 Å². The van der Waals surface area contributed by atoms with Crippen molar-refractivity contribution in [2.24, 2.45) is 17.8 Å². The zero-order valence-corrected chi connectivity index (χ0v) is 15.8. The molecule has 1 aliphatic heterocycles. The summed E-state index contributed by atoms with van der Waals surface area (Å²) in [4.78, 5) is 27.0. The molecule has 0 bridgehead atoms. The van der Waals surface area contributed by atoms with E-state index in [2.05, 4.69) is 0 Å². The van der Waals surface area contributed by atoms with Crippen LogP contribution in [0.2, 0.25) is 0 Å². The number of hydrogen-bond donors (Lipinski definition) is 0. The first-order chi connectivity index (χ1) is 13.0. The van der Waals surface area contributed by atoms with E-state index in [1.807, 2.05) is 63.3 Å². The summed E-state index contributed by atoms with van der Waals surface area (Å²) in [5, 5.41) is 0. The van der Waals surface area contributed by atoms with Crippen molar-refractivity contribution in [3.05, 3.63) is 65.7 Å². The lowest BCUT2D eigenvalue weighted by Crippen LogP contribution is -2.31. The topological polar surface area (TPSA) is 46.6 Å². The van der Waals surface area contributed by atoms with Crippen LogP contribution in [-0.2, 0) is 9.59 Å². The molecule has 1 fully saturated rings. The standard InChI is InChI=1S/C23H23NO3/c1-14-6-5-9-19-20(14)23(26)24(22(19)25)17-10-12-18(13-11-17)27-21-15(2)7-4-8-16(21)3/h4-8,10-14,19-20H,9H2,1-3H3/t14-,19-,20-/m1/s1. The fourth-order valence-electron chi connectivity index (χ4n) is 4.14. The Labute approximate surface area is 159 Å². The smallest absolute Gasteiger partial charge is 0.238 e. The number of benzene rings is 2. The summed E-state index contributed by atoms with van der Waals surface area (Å²) in [6, 6.07) is 13.2. The third kappa shape index (κ3) is 2.95. The average molecular weight is 361 g/mol. The maximum absolute atomic E-state index is 12.9. The van der Waals surface area contributed by atoms with Crippen LogP contribution in [0.4, 0.5) is 5.69 Å². The number of amides is 2. The van der Waals surface area contributed by atoms with Gasteiger partial charge in [0, 0.05) is 0 Å². The van der Waals surface area contributed by atoms with Gasteiger partial charge in [0.15, 0.2) is 0 Å². The molecule has 4 rings (SSSR count). The number of para-hydroxylation sites is 1. The minimum atomic E-state index is -0.243. The van der Waals surface area contributed by atoms with E-state index in [0.29, 0.717) is 17.9 Å². The molecule has 4 heteroatoms. The Balaban J connectivity index is 1.58. The van der Waals surface area contributed by atoms with Gasteiger partial charge >= 0.3 is 0 Å². The third-order valence-electron chi connectivity index (χ3n) is 5.60. The van der Waals surface area contributed by atoms with Gasteiger partial charge in [-0.2, -0.15) is 0 Å². The molecular weight excluding hydrogens is 338 g/mol. The Kier molecular flexibility index (Phi) is 4.34. The SMILES string of the molecule is Cc1cccc(C)c1Oc1ccc(N2C(=O)[C@@H]3[C@H](C)C=CC[C@H]3C2=O)cc1. The number of anilines is 1. The number of carbonyl (C=O) groups excluding carboxylic acids is 2. The molecule has 2 aromatic carbocycles. The highest BCUT2D eigenvalue weighted by atomic mass is 16.5. The summed E-state index contributed by atoms with van der Waals surface area (Å²) in [5.74, 6) is 0.954. The monoisotopic (exact) mass is 361 g/mol. The lowest BCUT2D eigenvalue weighted by atomic mass is 9.78. The van der Waals surface area contributed by atoms with Crippen LogP contribution in [0.3, 0.4) is 0 Å². The first kappa shape index (κ1) is 17.5. The van der Waals surface area contributed by atoms with E-state index in [1.165, 1.54) is 4.90 Å². The van der Waals surface area contributed by atoms with Crippen molar-refractivity contribution in [1.82, 2.24) is 0 Å². The van der Waals surface area contributed by atoms with E-state index in [1.54, 1.807) is 12.1 Å². The number of nitrogens with zero attached hydrogens (tertiary/aromatic N) is 1. The zero-order chi connectivity index (χ0) is 19.1. The molecule has 27 heavy (non-hydrogen) atoms. The first-order valence-electron chi connectivity index (χ1n) is 9.36. The second kappa shape index (κ2) is 6.69. The highest BCUT2D eigenvalue weighted by Gasteiger charge is 2.50. The van der Waals surface area contributed by atoms with Gasteiger partial charge in [-0.05, 0) is 61.6 Å². The fraction of sp³-hybridized carbons (Fsp3) is 0.304. The molecule has 0 saturated carbocycles. The Bertz CT molecular complexity index is 909. The fourth-order valence-corrected chi connectivity index (χ4v) is 4.14. The molecule has 1 heterocycles. The van der Waals surface area contributed by atoms with Crippen molar-refractivity contribution >= 4 is 17.5 Å². The first-order valence-corrected chi connectivity index (χ1v) is 9.36. The van der Waals surface area contributed by atoms with Crippen molar-refractivity contribution < 1.29 is 14.3 Å². The average Bonchev–Trinajstić information content (AvgIpc) is 2.91. The molecule has 0 radical (unpaired) electrons. The van der Waals surface area contributed by atoms with E-state index in [4.69, 9.17) is 4.74 Å². The summed E-state index contributed by atoms with van der Waals surface area (Å²) in [5.41, 5.74) is 2.74. The Morgan fingerprint density at radius 1 is 0.963 bits per heavy atom. The predicted molar refractivity (Wildman–Crippen MR) is 105 cm³/mol. The maximum Gasteiger partial charge on any atom is 0.238 e. The number of fused-ring (bicyclic) bond motifs is 1. The lowest BCUT2D eigenvalue weighted by Gasteiger charge is -2.22. The number of carbonyl (C=O) groups is 2. The molecule has 138 valence electrons. The van der Waals surface area contributed by atoms with Crippen molar-refractivity contribution in [2.75, 3.05) is 4.90 Å². The molecule has 1 saturated heterocycles. The highest BCUT2D eigenvalue weighted by molar-refractivity contribution is 6.22. The van der Waals surface area contributed by atoms with E-state index in [0.717, 1.165) is 16.9 Å². The summed E-state index contributed by atoms with van der Waals surface area (Å²) < 4.78 is 6.02. The summed E-state index contributed by atoms with van der Waals surface area (Å²) in [6.45, 7) is 6.02. The number of rotatable bonds is 3. The molecule has 0 spiro atoms. The second-order valence-electron chi connectivity index (χ2n) is 7.48. The van der Waals surface area contributed by atoms with Crippen LogP contribution in [0, 0.1) is 31.6 Å². The molecule has 1 aliphatic carbocycles. The maximum atomic E-state index is 12.9. The van der Waals surface area contributed by atoms with Gasteiger partial charge in [-0.15, -0.1) is 0 Å². The lowest BCUT2D eigenvalue weighted by molar-refractivity contribution is -0.122. The van der Waals surface area contributed by atoms with E-state index < -0.39 is 0 Å². The van der Waals surface area contributed by atoms with Crippen LogP contribution in [0.15, 0.2) is 54.6 Å². The molecule has 0 unspecified atom stereocenters. The minimum Gasteiger partial charge on any atom is -0.457 e. The van der Waals surface area contributed by atoms with Crippen LogP contribution in [-0.4, -0.2) is 11.8 Å². The number of ether oxygens (including phenoxy) is 1. The van der Waals surface area contributed by atoms with Gasteiger partial charge in [0.25, 0.3) is 0 Å². The van der Waals surface area contributed by atoms with Gasteiger partial charge in [-0.25, -0.2) is 0 Å². The molecular formula is C23H23NO3. The van der Waals surface area contributed by atoms with Crippen LogP contribution in [0.5, 0.6) is 11.5 Å². The van der Waals surface area contributed by atoms with Crippen LogP contribution in [0.25, 0.3) is 0 Å². The Hall–Kier alpha value is -2.88. The largest absolute Gasteiger partial charge is 0.457 e. The summed E-state index contributed by atoms with van der Waals surface area (Å²) >= 11 is 0. The molecule has 2 aromatic rings. The molecule has 2 amide bonds. The second-order valence-corrected chi connectivity index (χ2v) is 7.48. The number of aryl methyl sites for hydroxylation is 2. The van der Waals surface area contributed by atoms with Gasteiger partial charge < -0.3 is 4.74 Å². The van der Waals surface area contributed by atoms with Gasteiger partial charge in [0.1, 0.15) is 11.5 Å². The van der Waals surface area contributed by atoms with Gasteiger partial charge in [-0.3, -0.25) is 14.5 Å². The number of imide groups is 1. The predicted octanol–water partition coefficient (Wildman–Crippen LogP) is 4.80. The van der Waals surface area contributed by atoms with E-state index in [-0.39, 0.29) is 29.6 Å². The molecule has 4 nitrogen and oxygen atoms in total. The molecule has 0 aromatic heterocycles. The summed E-state index contributed by atoms with van der Waals surface area (Å²) in [7, 11) is 0. The highest BCUT2D eigenvalue weighted by Crippen LogP contribution is 2.41. The van der Waals surface area contributed by atoms with Crippen molar-refractivity contribution in [2.45, 2.75) is 27.2 Å². The molecule has 0 N–H and O–H groups in total. The molecule has 3 atom stereocenters. The number of allylic oxidation sites excluding steroid dienone is 2. The quantitative estimate of drug-likeness (QED) is 0.583. The van der Waals surface area contributed by atoms with Crippen LogP contribution in [0.1, 0.15) is 24.5 Å². The number of hydrogen-bond acceptors (Lipinski definition) is 3. The van der Waals surface area contributed by atoms with Gasteiger partial charge in [0.2, 0.25) is 11.8 Å².